The zero-order chi connectivity index (χ0) is 23.1. The zero-order valence-electron chi connectivity index (χ0n) is 17.6. The first kappa shape index (κ1) is 23.4. The van der Waals surface area contributed by atoms with Gasteiger partial charge in [0, 0.05) is 12.6 Å². The number of likely N-dealkylation sites (N-methyl/N-ethyl adjacent to an activating group) is 1. The molecule has 32 heavy (non-hydrogen) atoms. The Hall–Kier alpha value is -3.25. The van der Waals surface area contributed by atoms with Crippen LogP contribution in [0.4, 0.5) is 5.69 Å². The molecule has 3 aromatic rings. The van der Waals surface area contributed by atoms with Gasteiger partial charge in [-0.1, -0.05) is 23.7 Å². The van der Waals surface area contributed by atoms with Crippen molar-refractivity contribution in [1.82, 2.24) is 4.90 Å². The maximum atomic E-state index is 12.8. The summed E-state index contributed by atoms with van der Waals surface area (Å²) in [5, 5.41) is 9.55. The van der Waals surface area contributed by atoms with Gasteiger partial charge in [-0.05, 0) is 62.6 Å². The van der Waals surface area contributed by atoms with Gasteiger partial charge >= 0.3 is 0 Å². The molecule has 0 aliphatic carbocycles. The highest BCUT2D eigenvalue weighted by Gasteiger charge is 2.16. The highest BCUT2D eigenvalue weighted by Crippen LogP contribution is 2.30. The third-order valence-corrected chi connectivity index (χ3v) is 6.06. The van der Waals surface area contributed by atoms with Gasteiger partial charge < -0.3 is 14.4 Å². The van der Waals surface area contributed by atoms with E-state index in [0.29, 0.717) is 46.7 Å². The van der Waals surface area contributed by atoms with Gasteiger partial charge in [-0.3, -0.25) is 4.72 Å². The van der Waals surface area contributed by atoms with E-state index in [1.54, 1.807) is 42.5 Å². The van der Waals surface area contributed by atoms with Crippen LogP contribution in [0.3, 0.4) is 0 Å². The van der Waals surface area contributed by atoms with Crippen molar-refractivity contribution in [2.45, 2.75) is 4.90 Å². The van der Waals surface area contributed by atoms with Gasteiger partial charge in [-0.25, -0.2) is 8.42 Å². The van der Waals surface area contributed by atoms with Gasteiger partial charge in [0.15, 0.2) is 0 Å². The first-order valence-corrected chi connectivity index (χ1v) is 11.5. The molecule has 0 fully saturated rings. The van der Waals surface area contributed by atoms with Gasteiger partial charge in [0.1, 0.15) is 29.9 Å². The van der Waals surface area contributed by atoms with Crippen LogP contribution in [0.15, 0.2) is 71.6 Å². The Morgan fingerprint density at radius 2 is 1.75 bits per heavy atom. The number of ether oxygens (including phenoxy) is 2. The summed E-state index contributed by atoms with van der Waals surface area (Å²) in [5.74, 6) is 1.20. The first-order chi connectivity index (χ1) is 15.3. The standard InChI is InChI=1S/C23H22ClN3O4S/c1-27(2)13-14-30-23-15-18(7-12-21(23)24)26-32(28,29)20-10-8-19(9-11-20)31-22-6-4-3-5-17(22)16-25/h3-12,15,26H,13-14H2,1-2H3. The third-order valence-electron chi connectivity index (χ3n) is 4.35. The van der Waals surface area contributed by atoms with Crippen LogP contribution in [0.1, 0.15) is 5.56 Å². The minimum atomic E-state index is -3.84. The van der Waals surface area contributed by atoms with Crippen molar-refractivity contribution in [3.63, 3.8) is 0 Å². The molecule has 0 saturated heterocycles. The Morgan fingerprint density at radius 3 is 2.44 bits per heavy atom. The van der Waals surface area contributed by atoms with Crippen LogP contribution < -0.4 is 14.2 Å². The number of benzene rings is 3. The van der Waals surface area contributed by atoms with Crippen molar-refractivity contribution in [1.29, 1.82) is 5.26 Å². The fraction of sp³-hybridized carbons (Fsp3) is 0.174. The third kappa shape index (κ3) is 6.14. The van der Waals surface area contributed by atoms with Crippen molar-refractivity contribution in [3.8, 4) is 23.3 Å². The van der Waals surface area contributed by atoms with E-state index in [1.807, 2.05) is 19.0 Å². The van der Waals surface area contributed by atoms with Gasteiger partial charge in [0.2, 0.25) is 0 Å². The number of nitrogens with zero attached hydrogens (tertiary/aromatic N) is 2. The highest BCUT2D eigenvalue weighted by atomic mass is 35.5. The molecule has 3 aromatic carbocycles. The average Bonchev–Trinajstić information content (AvgIpc) is 2.76. The molecule has 0 aliphatic heterocycles. The van der Waals surface area contributed by atoms with Crippen molar-refractivity contribution in [2.24, 2.45) is 0 Å². The number of hydrogen-bond acceptors (Lipinski definition) is 6. The minimum Gasteiger partial charge on any atom is -0.491 e. The molecule has 9 heteroatoms. The Labute approximate surface area is 192 Å². The predicted molar refractivity (Wildman–Crippen MR) is 124 cm³/mol. The molecule has 0 aliphatic rings. The predicted octanol–water partition coefficient (Wildman–Crippen LogP) is 4.75. The van der Waals surface area contributed by atoms with Crippen molar-refractivity contribution in [3.05, 3.63) is 77.3 Å². The van der Waals surface area contributed by atoms with Crippen molar-refractivity contribution >= 4 is 27.3 Å². The van der Waals surface area contributed by atoms with Crippen LogP contribution in [-0.2, 0) is 10.0 Å². The second kappa shape index (κ2) is 10.4. The number of hydrogen-bond donors (Lipinski definition) is 1. The molecule has 0 spiro atoms. The molecule has 0 bridgehead atoms. The Bertz CT molecular complexity index is 1220. The number of rotatable bonds is 9. The van der Waals surface area contributed by atoms with E-state index < -0.39 is 10.0 Å². The van der Waals surface area contributed by atoms with Crippen LogP contribution >= 0.6 is 11.6 Å². The molecule has 0 unspecified atom stereocenters. The molecule has 1 N–H and O–H groups in total. The van der Waals surface area contributed by atoms with Crippen LogP contribution in [0, 0.1) is 11.3 Å². The van der Waals surface area contributed by atoms with E-state index >= 15 is 0 Å². The fourth-order valence-electron chi connectivity index (χ4n) is 2.69. The van der Waals surface area contributed by atoms with Gasteiger partial charge in [-0.15, -0.1) is 0 Å². The van der Waals surface area contributed by atoms with Gasteiger partial charge in [-0.2, -0.15) is 5.26 Å². The lowest BCUT2D eigenvalue weighted by Gasteiger charge is -2.14. The van der Waals surface area contributed by atoms with Gasteiger partial charge in [0.25, 0.3) is 10.0 Å². The molecule has 0 atom stereocenters. The van der Waals surface area contributed by atoms with Crippen LogP contribution in [0.25, 0.3) is 0 Å². The van der Waals surface area contributed by atoms with Crippen molar-refractivity contribution < 1.29 is 17.9 Å². The topological polar surface area (TPSA) is 91.7 Å². The van der Waals surface area contributed by atoms with Crippen molar-refractivity contribution in [2.75, 3.05) is 32.0 Å². The molecule has 0 saturated carbocycles. The first-order valence-electron chi connectivity index (χ1n) is 9.65. The lowest BCUT2D eigenvalue weighted by Crippen LogP contribution is -2.19. The highest BCUT2D eigenvalue weighted by molar-refractivity contribution is 7.92. The second-order valence-corrected chi connectivity index (χ2v) is 9.17. The second-order valence-electron chi connectivity index (χ2n) is 7.08. The van der Waals surface area contributed by atoms with Crippen LogP contribution in [0.5, 0.6) is 17.2 Å². The summed E-state index contributed by atoms with van der Waals surface area (Å²) in [6.45, 7) is 1.11. The molecule has 0 radical (unpaired) electrons. The van der Waals surface area contributed by atoms with Crippen LogP contribution in [-0.4, -0.2) is 40.6 Å². The van der Waals surface area contributed by atoms with E-state index in [-0.39, 0.29) is 4.90 Å². The summed E-state index contributed by atoms with van der Waals surface area (Å²) in [6, 6.07) is 19.5. The van der Waals surface area contributed by atoms with Gasteiger partial charge in [0.05, 0.1) is 21.2 Å². The Morgan fingerprint density at radius 1 is 1.03 bits per heavy atom. The average molecular weight is 472 g/mol. The van der Waals surface area contributed by atoms with E-state index in [0.717, 1.165) is 0 Å². The van der Waals surface area contributed by atoms with E-state index in [1.165, 1.54) is 24.3 Å². The minimum absolute atomic E-state index is 0.0587. The lowest BCUT2D eigenvalue weighted by molar-refractivity contribution is 0.261. The maximum absolute atomic E-state index is 12.8. The largest absolute Gasteiger partial charge is 0.491 e. The number of halogens is 1. The Kier molecular flexibility index (Phi) is 7.59. The number of sulfonamides is 1. The smallest absolute Gasteiger partial charge is 0.261 e. The number of nitrogens with one attached hydrogen (secondary N) is 1. The summed E-state index contributed by atoms with van der Waals surface area (Å²) in [4.78, 5) is 2.02. The summed E-state index contributed by atoms with van der Waals surface area (Å²) >= 11 is 6.16. The molecular weight excluding hydrogens is 450 g/mol. The summed E-state index contributed by atoms with van der Waals surface area (Å²) in [6.07, 6.45) is 0. The molecule has 7 nitrogen and oxygen atoms in total. The maximum Gasteiger partial charge on any atom is 0.261 e. The van der Waals surface area contributed by atoms with E-state index in [4.69, 9.17) is 26.3 Å². The number of nitriles is 1. The lowest BCUT2D eigenvalue weighted by atomic mass is 10.2. The molecule has 0 aromatic heterocycles. The quantitative estimate of drug-likeness (QED) is 0.484. The molecule has 166 valence electrons. The van der Waals surface area contributed by atoms with E-state index in [2.05, 4.69) is 10.8 Å². The molecule has 0 heterocycles. The summed E-state index contributed by atoms with van der Waals surface area (Å²) in [7, 11) is 0.00536. The Balaban J connectivity index is 1.72. The van der Waals surface area contributed by atoms with Crippen LogP contribution in [0.2, 0.25) is 5.02 Å². The summed E-state index contributed by atoms with van der Waals surface area (Å²) < 4.78 is 39.5. The summed E-state index contributed by atoms with van der Waals surface area (Å²) in [5.41, 5.74) is 0.717. The zero-order valence-corrected chi connectivity index (χ0v) is 19.2. The molecule has 0 amide bonds. The number of para-hydroxylation sites is 1. The normalized spacial score (nSPS) is 11.1. The number of anilines is 1. The molecule has 3 rings (SSSR count). The SMILES string of the molecule is CN(C)CCOc1cc(NS(=O)(=O)c2ccc(Oc3ccccc3C#N)cc2)ccc1Cl. The van der Waals surface area contributed by atoms with E-state index in [9.17, 15) is 8.42 Å². The fourth-order valence-corrected chi connectivity index (χ4v) is 3.91. The monoisotopic (exact) mass is 471 g/mol. The molecular formula is C23H22ClN3O4S.